The summed E-state index contributed by atoms with van der Waals surface area (Å²) >= 11 is 0. The highest BCUT2D eigenvalue weighted by atomic mass is 16.5. The fourth-order valence-corrected chi connectivity index (χ4v) is 1.07. The van der Waals surface area contributed by atoms with Crippen molar-refractivity contribution in [1.29, 1.82) is 0 Å². The Morgan fingerprint density at radius 3 is 2.67 bits per heavy atom. The summed E-state index contributed by atoms with van der Waals surface area (Å²) in [4.78, 5) is 11.4. The number of nitrogens with zero attached hydrogens (tertiary/aromatic N) is 1. The van der Waals surface area contributed by atoms with Crippen LogP contribution >= 0.6 is 0 Å². The van der Waals surface area contributed by atoms with Gasteiger partial charge in [-0.05, 0) is 12.1 Å². The van der Waals surface area contributed by atoms with E-state index in [1.807, 2.05) is 13.0 Å². The average Bonchev–Trinajstić information content (AvgIpc) is 2.29. The third kappa shape index (κ3) is 4.10. The van der Waals surface area contributed by atoms with Crippen molar-refractivity contribution < 1.29 is 9.53 Å². The molecule has 0 heterocycles. The number of rotatable bonds is 5. The van der Waals surface area contributed by atoms with Crippen LogP contribution in [0, 0.1) is 0 Å². The first kappa shape index (κ1) is 11.7. The van der Waals surface area contributed by atoms with Crippen molar-refractivity contribution in [2.75, 3.05) is 19.7 Å². The van der Waals surface area contributed by atoms with Crippen LogP contribution in [0.1, 0.15) is 17.3 Å². The second-order valence-corrected chi connectivity index (χ2v) is 3.13. The van der Waals surface area contributed by atoms with Crippen molar-refractivity contribution in [1.82, 2.24) is 5.01 Å². The van der Waals surface area contributed by atoms with Gasteiger partial charge < -0.3 is 4.74 Å². The van der Waals surface area contributed by atoms with Crippen LogP contribution in [0.3, 0.4) is 0 Å². The molecule has 0 amide bonds. The molecule has 0 unspecified atom stereocenters. The molecule has 0 saturated heterocycles. The Kier molecular flexibility index (Phi) is 4.80. The van der Waals surface area contributed by atoms with E-state index in [2.05, 4.69) is 0 Å². The van der Waals surface area contributed by atoms with E-state index in [1.165, 1.54) is 0 Å². The van der Waals surface area contributed by atoms with Gasteiger partial charge in [-0.25, -0.2) is 9.80 Å². The zero-order valence-electron chi connectivity index (χ0n) is 8.85. The van der Waals surface area contributed by atoms with E-state index in [0.29, 0.717) is 18.7 Å². The highest BCUT2D eigenvalue weighted by Gasteiger charge is 2.05. The van der Waals surface area contributed by atoms with Crippen molar-refractivity contribution in [2.24, 2.45) is 5.84 Å². The summed E-state index contributed by atoms with van der Waals surface area (Å²) < 4.78 is 5.04. The van der Waals surface area contributed by atoms with Crippen molar-refractivity contribution in [3.05, 3.63) is 35.9 Å². The van der Waals surface area contributed by atoms with E-state index in [-0.39, 0.29) is 5.97 Å². The first-order valence-corrected chi connectivity index (χ1v) is 4.96. The van der Waals surface area contributed by atoms with Gasteiger partial charge in [0.2, 0.25) is 0 Å². The van der Waals surface area contributed by atoms with Gasteiger partial charge in [0.15, 0.2) is 0 Å². The van der Waals surface area contributed by atoms with Gasteiger partial charge in [-0.3, -0.25) is 5.84 Å². The number of hydrogen-bond donors (Lipinski definition) is 1. The lowest BCUT2D eigenvalue weighted by atomic mass is 10.2. The van der Waals surface area contributed by atoms with Gasteiger partial charge in [0.25, 0.3) is 0 Å². The Morgan fingerprint density at radius 2 is 2.07 bits per heavy atom. The van der Waals surface area contributed by atoms with Crippen LogP contribution in [-0.2, 0) is 4.74 Å². The van der Waals surface area contributed by atoms with Crippen molar-refractivity contribution in [3.8, 4) is 0 Å². The standard InChI is InChI=1S/C11H16N2O2/c1-2-13(12)8-9-15-11(14)10-6-4-3-5-7-10/h3-7H,2,8-9,12H2,1H3. The third-order valence-corrected chi connectivity index (χ3v) is 2.03. The maximum Gasteiger partial charge on any atom is 0.338 e. The molecule has 0 saturated carbocycles. The molecule has 0 aliphatic carbocycles. The summed E-state index contributed by atoms with van der Waals surface area (Å²) in [5.41, 5.74) is 0.567. The number of ether oxygens (including phenoxy) is 1. The van der Waals surface area contributed by atoms with Gasteiger partial charge >= 0.3 is 5.97 Å². The second-order valence-electron chi connectivity index (χ2n) is 3.13. The van der Waals surface area contributed by atoms with Gasteiger partial charge in [0.05, 0.1) is 5.56 Å². The second kappa shape index (κ2) is 6.16. The van der Waals surface area contributed by atoms with Crippen molar-refractivity contribution in [3.63, 3.8) is 0 Å². The third-order valence-electron chi connectivity index (χ3n) is 2.03. The molecule has 0 bridgehead atoms. The molecule has 0 radical (unpaired) electrons. The zero-order chi connectivity index (χ0) is 11.1. The zero-order valence-corrected chi connectivity index (χ0v) is 8.85. The number of hydrogen-bond acceptors (Lipinski definition) is 4. The summed E-state index contributed by atoms with van der Waals surface area (Å²) in [6.45, 7) is 3.55. The van der Waals surface area contributed by atoms with Crippen LogP contribution in [-0.4, -0.2) is 30.7 Å². The molecule has 1 aromatic carbocycles. The minimum Gasteiger partial charge on any atom is -0.461 e. The van der Waals surface area contributed by atoms with E-state index in [1.54, 1.807) is 29.3 Å². The van der Waals surface area contributed by atoms with Gasteiger partial charge in [0, 0.05) is 13.1 Å². The SMILES string of the molecule is CCN(N)CCOC(=O)c1ccccc1. The number of benzene rings is 1. The highest BCUT2D eigenvalue weighted by molar-refractivity contribution is 5.89. The molecule has 82 valence electrons. The fourth-order valence-electron chi connectivity index (χ4n) is 1.07. The minimum atomic E-state index is -0.305. The summed E-state index contributed by atoms with van der Waals surface area (Å²) in [6, 6.07) is 8.91. The van der Waals surface area contributed by atoms with E-state index in [0.717, 1.165) is 6.54 Å². The van der Waals surface area contributed by atoms with E-state index in [4.69, 9.17) is 10.6 Å². The Hall–Kier alpha value is -1.39. The Labute approximate surface area is 89.6 Å². The summed E-state index contributed by atoms with van der Waals surface area (Å²) in [5.74, 6) is 5.23. The van der Waals surface area contributed by atoms with Crippen molar-refractivity contribution in [2.45, 2.75) is 6.92 Å². The molecule has 0 aliphatic rings. The molecule has 15 heavy (non-hydrogen) atoms. The summed E-state index contributed by atoms with van der Waals surface area (Å²) in [7, 11) is 0. The lowest BCUT2D eigenvalue weighted by molar-refractivity contribution is 0.0464. The molecule has 0 spiro atoms. The quantitative estimate of drug-likeness (QED) is 0.446. The first-order valence-electron chi connectivity index (χ1n) is 4.96. The molecule has 0 aliphatic heterocycles. The molecular weight excluding hydrogens is 192 g/mol. The highest BCUT2D eigenvalue weighted by Crippen LogP contribution is 2.00. The van der Waals surface area contributed by atoms with E-state index < -0.39 is 0 Å². The molecule has 2 N–H and O–H groups in total. The predicted octanol–water partition coefficient (Wildman–Crippen LogP) is 1.04. The number of esters is 1. The molecule has 0 atom stereocenters. The average molecular weight is 208 g/mol. The summed E-state index contributed by atoms with van der Waals surface area (Å²) in [6.07, 6.45) is 0. The fraction of sp³-hybridized carbons (Fsp3) is 0.364. The number of carbonyl (C=O) groups excluding carboxylic acids is 1. The number of hydrazine groups is 1. The lowest BCUT2D eigenvalue weighted by Gasteiger charge is -2.13. The number of carbonyl (C=O) groups is 1. The van der Waals surface area contributed by atoms with E-state index in [9.17, 15) is 4.79 Å². The Balaban J connectivity index is 2.31. The Morgan fingerprint density at radius 1 is 1.40 bits per heavy atom. The molecule has 4 nitrogen and oxygen atoms in total. The van der Waals surface area contributed by atoms with Crippen LogP contribution < -0.4 is 5.84 Å². The topological polar surface area (TPSA) is 55.6 Å². The molecule has 1 rings (SSSR count). The predicted molar refractivity (Wildman–Crippen MR) is 58.2 cm³/mol. The largest absolute Gasteiger partial charge is 0.461 e. The van der Waals surface area contributed by atoms with Crippen LogP contribution in [0.2, 0.25) is 0 Å². The van der Waals surface area contributed by atoms with Crippen LogP contribution in [0.5, 0.6) is 0 Å². The molecule has 1 aromatic rings. The minimum absolute atomic E-state index is 0.305. The summed E-state index contributed by atoms with van der Waals surface area (Å²) in [5, 5.41) is 1.60. The van der Waals surface area contributed by atoms with Crippen molar-refractivity contribution >= 4 is 5.97 Å². The first-order chi connectivity index (χ1) is 7.24. The van der Waals surface area contributed by atoms with Gasteiger partial charge in [0.1, 0.15) is 6.61 Å². The van der Waals surface area contributed by atoms with Gasteiger partial charge in [-0.15, -0.1) is 0 Å². The molecular formula is C11H16N2O2. The van der Waals surface area contributed by atoms with Gasteiger partial charge in [-0.2, -0.15) is 0 Å². The molecule has 0 aromatic heterocycles. The normalized spacial score (nSPS) is 10.3. The maximum absolute atomic E-state index is 11.4. The number of likely N-dealkylation sites (N-methyl/N-ethyl adjacent to an activating group) is 1. The monoisotopic (exact) mass is 208 g/mol. The molecule has 4 heteroatoms. The smallest absolute Gasteiger partial charge is 0.338 e. The van der Waals surface area contributed by atoms with Crippen LogP contribution in [0.4, 0.5) is 0 Å². The molecule has 0 fully saturated rings. The number of nitrogens with two attached hydrogens (primary N) is 1. The van der Waals surface area contributed by atoms with Crippen LogP contribution in [0.15, 0.2) is 30.3 Å². The van der Waals surface area contributed by atoms with Gasteiger partial charge in [-0.1, -0.05) is 25.1 Å². The Bertz CT molecular complexity index is 301. The lowest BCUT2D eigenvalue weighted by Crippen LogP contribution is -2.34. The van der Waals surface area contributed by atoms with E-state index >= 15 is 0 Å². The maximum atomic E-state index is 11.4. The van der Waals surface area contributed by atoms with Crippen LogP contribution in [0.25, 0.3) is 0 Å².